The zero-order valence-corrected chi connectivity index (χ0v) is 15.4. The first kappa shape index (κ1) is 16.9. The zero-order chi connectivity index (χ0) is 16.9. The SMILES string of the molecule is CN(C)[C@@H](CNC(=O)/C=C/c1cccs1)c1csc2ccccc12. The molecule has 1 aromatic carbocycles. The summed E-state index contributed by atoms with van der Waals surface area (Å²) in [6.07, 6.45) is 3.45. The molecule has 0 aliphatic rings. The van der Waals surface area contributed by atoms with Crippen molar-refractivity contribution in [3.05, 3.63) is 63.7 Å². The molecule has 24 heavy (non-hydrogen) atoms. The van der Waals surface area contributed by atoms with Gasteiger partial charge in [0.1, 0.15) is 0 Å². The molecule has 0 saturated heterocycles. The molecule has 0 fully saturated rings. The van der Waals surface area contributed by atoms with Crippen molar-refractivity contribution in [1.29, 1.82) is 0 Å². The molecule has 0 radical (unpaired) electrons. The van der Waals surface area contributed by atoms with E-state index in [9.17, 15) is 4.79 Å². The third-order valence-corrected chi connectivity index (χ3v) is 5.72. The monoisotopic (exact) mass is 356 g/mol. The van der Waals surface area contributed by atoms with Crippen LogP contribution in [0.15, 0.2) is 53.2 Å². The predicted molar refractivity (Wildman–Crippen MR) is 105 cm³/mol. The molecule has 3 nitrogen and oxygen atoms in total. The van der Waals surface area contributed by atoms with Crippen molar-refractivity contribution in [1.82, 2.24) is 10.2 Å². The minimum Gasteiger partial charge on any atom is -0.351 e. The highest BCUT2D eigenvalue weighted by Crippen LogP contribution is 2.31. The maximum absolute atomic E-state index is 12.1. The molecule has 1 atom stereocenters. The Morgan fingerprint density at radius 2 is 2.04 bits per heavy atom. The van der Waals surface area contributed by atoms with E-state index >= 15 is 0 Å². The van der Waals surface area contributed by atoms with E-state index in [1.165, 1.54) is 15.6 Å². The first-order valence-corrected chi connectivity index (χ1v) is 9.53. The van der Waals surface area contributed by atoms with Gasteiger partial charge in [0.05, 0.1) is 6.04 Å². The highest BCUT2D eigenvalue weighted by Gasteiger charge is 2.18. The van der Waals surface area contributed by atoms with Crippen LogP contribution >= 0.6 is 22.7 Å². The molecule has 0 unspecified atom stereocenters. The van der Waals surface area contributed by atoms with Crippen molar-refractivity contribution in [3.63, 3.8) is 0 Å². The van der Waals surface area contributed by atoms with Gasteiger partial charge in [-0.1, -0.05) is 24.3 Å². The Morgan fingerprint density at radius 3 is 2.79 bits per heavy atom. The number of hydrogen-bond acceptors (Lipinski definition) is 4. The van der Waals surface area contributed by atoms with Crippen LogP contribution in [-0.2, 0) is 4.79 Å². The summed E-state index contributed by atoms with van der Waals surface area (Å²) in [4.78, 5) is 15.3. The zero-order valence-electron chi connectivity index (χ0n) is 13.7. The molecule has 0 spiro atoms. The summed E-state index contributed by atoms with van der Waals surface area (Å²) in [5, 5.41) is 8.49. The van der Waals surface area contributed by atoms with Gasteiger partial charge in [-0.2, -0.15) is 0 Å². The molecule has 0 aliphatic heterocycles. The number of carbonyl (C=O) groups is 1. The van der Waals surface area contributed by atoms with Crippen molar-refractivity contribution in [2.45, 2.75) is 6.04 Å². The predicted octanol–water partition coefficient (Wildman–Crippen LogP) is 4.40. The quantitative estimate of drug-likeness (QED) is 0.664. The lowest BCUT2D eigenvalue weighted by atomic mass is 10.0. The maximum Gasteiger partial charge on any atom is 0.244 e. The van der Waals surface area contributed by atoms with E-state index < -0.39 is 0 Å². The number of carbonyl (C=O) groups excluding carboxylic acids is 1. The van der Waals surface area contributed by atoms with Gasteiger partial charge in [0.15, 0.2) is 0 Å². The summed E-state index contributed by atoms with van der Waals surface area (Å²) >= 11 is 3.37. The number of rotatable bonds is 6. The molecule has 1 amide bonds. The lowest BCUT2D eigenvalue weighted by Crippen LogP contribution is -2.33. The van der Waals surface area contributed by atoms with Gasteiger partial charge in [-0.05, 0) is 54.0 Å². The number of likely N-dealkylation sites (N-methyl/N-ethyl adjacent to an activating group) is 1. The number of nitrogens with one attached hydrogen (secondary N) is 1. The molecule has 0 aliphatic carbocycles. The van der Waals surface area contributed by atoms with Crippen molar-refractivity contribution in [3.8, 4) is 0 Å². The normalized spacial score (nSPS) is 13.0. The second kappa shape index (κ2) is 7.75. The molecule has 2 aromatic heterocycles. The first-order valence-electron chi connectivity index (χ1n) is 7.77. The van der Waals surface area contributed by atoms with Crippen molar-refractivity contribution in [2.24, 2.45) is 0 Å². The summed E-state index contributed by atoms with van der Waals surface area (Å²) in [5.74, 6) is -0.0604. The van der Waals surface area contributed by atoms with Gasteiger partial charge in [0.2, 0.25) is 5.91 Å². The van der Waals surface area contributed by atoms with Gasteiger partial charge in [0.25, 0.3) is 0 Å². The highest BCUT2D eigenvalue weighted by molar-refractivity contribution is 7.17. The van der Waals surface area contributed by atoms with Gasteiger partial charge in [0, 0.05) is 22.2 Å². The summed E-state index contributed by atoms with van der Waals surface area (Å²) in [6.45, 7) is 0.585. The number of benzene rings is 1. The molecular weight excluding hydrogens is 336 g/mol. The Hall–Kier alpha value is -1.95. The lowest BCUT2D eigenvalue weighted by Gasteiger charge is -2.24. The number of thiophene rings is 2. The van der Waals surface area contributed by atoms with Crippen LogP contribution in [0.3, 0.4) is 0 Å². The molecule has 1 N–H and O–H groups in total. The van der Waals surface area contributed by atoms with Crippen LogP contribution in [0.4, 0.5) is 0 Å². The van der Waals surface area contributed by atoms with Gasteiger partial charge < -0.3 is 10.2 Å². The second-order valence-electron chi connectivity index (χ2n) is 5.76. The number of hydrogen-bond donors (Lipinski definition) is 1. The molecule has 0 saturated carbocycles. The first-order chi connectivity index (χ1) is 11.6. The Kier molecular flexibility index (Phi) is 5.45. The van der Waals surface area contributed by atoms with E-state index in [1.807, 2.05) is 37.7 Å². The van der Waals surface area contributed by atoms with Crippen LogP contribution in [-0.4, -0.2) is 31.4 Å². The third kappa shape index (κ3) is 3.93. The largest absolute Gasteiger partial charge is 0.351 e. The molecule has 3 aromatic rings. The van der Waals surface area contributed by atoms with Crippen LogP contribution in [0.25, 0.3) is 16.2 Å². The summed E-state index contributed by atoms with van der Waals surface area (Å²) < 4.78 is 1.28. The second-order valence-corrected chi connectivity index (χ2v) is 7.65. The van der Waals surface area contributed by atoms with E-state index in [0.717, 1.165) is 4.88 Å². The fourth-order valence-electron chi connectivity index (χ4n) is 2.63. The fourth-order valence-corrected chi connectivity index (χ4v) is 4.25. The van der Waals surface area contributed by atoms with E-state index in [4.69, 9.17) is 0 Å². The Labute approximate surface area is 150 Å². The van der Waals surface area contributed by atoms with Crippen molar-refractivity contribution in [2.75, 3.05) is 20.6 Å². The third-order valence-electron chi connectivity index (χ3n) is 3.91. The molecule has 0 bridgehead atoms. The Morgan fingerprint density at radius 1 is 1.21 bits per heavy atom. The Bertz CT molecular complexity index is 834. The van der Waals surface area contributed by atoms with Crippen LogP contribution in [0.5, 0.6) is 0 Å². The maximum atomic E-state index is 12.1. The van der Waals surface area contributed by atoms with Gasteiger partial charge >= 0.3 is 0 Å². The number of nitrogens with zero attached hydrogens (tertiary/aromatic N) is 1. The van der Waals surface area contributed by atoms with Crippen LogP contribution < -0.4 is 5.32 Å². The van der Waals surface area contributed by atoms with Gasteiger partial charge in [-0.15, -0.1) is 22.7 Å². The minimum atomic E-state index is -0.0604. The van der Waals surface area contributed by atoms with Crippen LogP contribution in [0.1, 0.15) is 16.5 Å². The number of fused-ring (bicyclic) bond motifs is 1. The smallest absolute Gasteiger partial charge is 0.244 e. The van der Waals surface area contributed by atoms with Crippen molar-refractivity contribution < 1.29 is 4.79 Å². The summed E-state index contributed by atoms with van der Waals surface area (Å²) in [6, 6.07) is 12.5. The molecular formula is C19H20N2OS2. The standard InChI is InChI=1S/C19H20N2OS2/c1-21(2)17(16-13-24-18-8-4-3-7-15(16)18)12-20-19(22)10-9-14-6-5-11-23-14/h3-11,13,17H,12H2,1-2H3,(H,20,22)/b10-9+/t17-/m0/s1. The molecule has 5 heteroatoms. The molecule has 3 rings (SSSR count). The highest BCUT2D eigenvalue weighted by atomic mass is 32.1. The van der Waals surface area contributed by atoms with E-state index in [-0.39, 0.29) is 11.9 Å². The van der Waals surface area contributed by atoms with Crippen molar-refractivity contribution >= 4 is 44.7 Å². The average molecular weight is 357 g/mol. The summed E-state index contributed by atoms with van der Waals surface area (Å²) in [5.41, 5.74) is 1.27. The Balaban J connectivity index is 1.69. The number of amides is 1. The van der Waals surface area contributed by atoms with Crippen LogP contribution in [0, 0.1) is 0 Å². The topological polar surface area (TPSA) is 32.3 Å². The minimum absolute atomic E-state index is 0.0604. The summed E-state index contributed by atoms with van der Waals surface area (Å²) in [7, 11) is 4.09. The molecule has 2 heterocycles. The molecule has 124 valence electrons. The van der Waals surface area contributed by atoms with Crippen LogP contribution in [0.2, 0.25) is 0 Å². The van der Waals surface area contributed by atoms with Gasteiger partial charge in [-0.25, -0.2) is 0 Å². The lowest BCUT2D eigenvalue weighted by molar-refractivity contribution is -0.116. The average Bonchev–Trinajstić information content (AvgIpc) is 3.23. The van der Waals surface area contributed by atoms with E-state index in [0.29, 0.717) is 6.54 Å². The van der Waals surface area contributed by atoms with E-state index in [2.05, 4.69) is 39.9 Å². The van der Waals surface area contributed by atoms with E-state index in [1.54, 1.807) is 28.7 Å². The fraction of sp³-hybridized carbons (Fsp3) is 0.211. The van der Waals surface area contributed by atoms with Gasteiger partial charge in [-0.3, -0.25) is 4.79 Å².